The van der Waals surface area contributed by atoms with Crippen LogP contribution in [0, 0.1) is 11.8 Å². The molecule has 0 radical (unpaired) electrons. The first-order chi connectivity index (χ1) is 7.22. The SMILES string of the molecule is CNCCCNC(=O)CC1CCC(C)C1. The standard InChI is InChI=1S/C12H24N2O/c1-10-4-5-11(8-10)9-12(15)14-7-3-6-13-2/h10-11,13H,3-9H2,1-2H3,(H,14,15). The Hall–Kier alpha value is -0.570. The maximum absolute atomic E-state index is 11.5. The third kappa shape index (κ3) is 5.17. The van der Waals surface area contributed by atoms with E-state index in [0.717, 1.165) is 31.8 Å². The van der Waals surface area contributed by atoms with Crippen molar-refractivity contribution in [3.63, 3.8) is 0 Å². The fourth-order valence-electron chi connectivity index (χ4n) is 2.34. The zero-order valence-corrected chi connectivity index (χ0v) is 10.0. The van der Waals surface area contributed by atoms with Gasteiger partial charge in [0.25, 0.3) is 0 Å². The van der Waals surface area contributed by atoms with Gasteiger partial charge in [-0.05, 0) is 44.7 Å². The van der Waals surface area contributed by atoms with E-state index in [1.165, 1.54) is 19.3 Å². The highest BCUT2D eigenvalue weighted by atomic mass is 16.1. The zero-order chi connectivity index (χ0) is 11.1. The average Bonchev–Trinajstić information content (AvgIpc) is 2.59. The summed E-state index contributed by atoms with van der Waals surface area (Å²) in [6.07, 6.45) is 5.54. The molecule has 2 atom stereocenters. The molecule has 3 nitrogen and oxygen atoms in total. The van der Waals surface area contributed by atoms with Crippen molar-refractivity contribution in [1.29, 1.82) is 0 Å². The Balaban J connectivity index is 2.03. The summed E-state index contributed by atoms with van der Waals surface area (Å²) in [4.78, 5) is 11.5. The molecule has 1 saturated carbocycles. The van der Waals surface area contributed by atoms with Crippen LogP contribution in [0.15, 0.2) is 0 Å². The van der Waals surface area contributed by atoms with Crippen molar-refractivity contribution in [3.05, 3.63) is 0 Å². The van der Waals surface area contributed by atoms with E-state index < -0.39 is 0 Å². The molecule has 88 valence electrons. The van der Waals surface area contributed by atoms with Gasteiger partial charge < -0.3 is 10.6 Å². The van der Waals surface area contributed by atoms with E-state index in [1.54, 1.807) is 0 Å². The highest BCUT2D eigenvalue weighted by molar-refractivity contribution is 5.76. The fourth-order valence-corrected chi connectivity index (χ4v) is 2.34. The molecule has 1 fully saturated rings. The Morgan fingerprint density at radius 2 is 2.13 bits per heavy atom. The highest BCUT2D eigenvalue weighted by Gasteiger charge is 2.23. The monoisotopic (exact) mass is 212 g/mol. The van der Waals surface area contributed by atoms with Gasteiger partial charge in [-0.3, -0.25) is 4.79 Å². The molecule has 0 saturated heterocycles. The van der Waals surface area contributed by atoms with Gasteiger partial charge in [0.2, 0.25) is 5.91 Å². The zero-order valence-electron chi connectivity index (χ0n) is 10.0. The number of nitrogens with one attached hydrogen (secondary N) is 2. The lowest BCUT2D eigenvalue weighted by atomic mass is 10.0. The third-order valence-corrected chi connectivity index (χ3v) is 3.20. The summed E-state index contributed by atoms with van der Waals surface area (Å²) in [5, 5.41) is 6.05. The van der Waals surface area contributed by atoms with Crippen LogP contribution in [0.1, 0.15) is 39.0 Å². The predicted molar refractivity (Wildman–Crippen MR) is 62.7 cm³/mol. The Labute approximate surface area is 93.0 Å². The van der Waals surface area contributed by atoms with E-state index in [4.69, 9.17) is 0 Å². The van der Waals surface area contributed by atoms with Crippen LogP contribution in [0.25, 0.3) is 0 Å². The predicted octanol–water partition coefficient (Wildman–Crippen LogP) is 1.54. The molecule has 0 heterocycles. The molecule has 2 N–H and O–H groups in total. The number of hydrogen-bond acceptors (Lipinski definition) is 2. The van der Waals surface area contributed by atoms with E-state index in [9.17, 15) is 4.79 Å². The Bertz CT molecular complexity index is 194. The van der Waals surface area contributed by atoms with Crippen molar-refractivity contribution >= 4 is 5.91 Å². The number of hydrogen-bond donors (Lipinski definition) is 2. The molecule has 0 aliphatic heterocycles. The number of amides is 1. The van der Waals surface area contributed by atoms with Gasteiger partial charge in [0.05, 0.1) is 0 Å². The van der Waals surface area contributed by atoms with Gasteiger partial charge in [-0.2, -0.15) is 0 Å². The molecular formula is C12H24N2O. The second-order valence-corrected chi connectivity index (χ2v) is 4.80. The van der Waals surface area contributed by atoms with Crippen molar-refractivity contribution in [2.45, 2.75) is 39.0 Å². The summed E-state index contributed by atoms with van der Waals surface area (Å²) in [5.41, 5.74) is 0. The van der Waals surface area contributed by atoms with Gasteiger partial charge in [-0.25, -0.2) is 0 Å². The lowest BCUT2D eigenvalue weighted by molar-refractivity contribution is -0.121. The molecule has 15 heavy (non-hydrogen) atoms. The molecule has 3 heteroatoms. The van der Waals surface area contributed by atoms with Crippen LogP contribution >= 0.6 is 0 Å². The van der Waals surface area contributed by atoms with Crippen LogP contribution in [0.5, 0.6) is 0 Å². The molecule has 1 aliphatic carbocycles. The van der Waals surface area contributed by atoms with Crippen molar-refractivity contribution in [1.82, 2.24) is 10.6 Å². The summed E-state index contributed by atoms with van der Waals surface area (Å²) < 4.78 is 0. The Morgan fingerprint density at radius 3 is 2.73 bits per heavy atom. The average molecular weight is 212 g/mol. The largest absolute Gasteiger partial charge is 0.356 e. The molecule has 1 rings (SSSR count). The molecule has 1 aliphatic rings. The second-order valence-electron chi connectivity index (χ2n) is 4.80. The molecule has 1 amide bonds. The summed E-state index contributed by atoms with van der Waals surface area (Å²) in [7, 11) is 1.93. The molecule has 0 bridgehead atoms. The summed E-state index contributed by atoms with van der Waals surface area (Å²) in [5.74, 6) is 1.71. The number of carbonyl (C=O) groups excluding carboxylic acids is 1. The van der Waals surface area contributed by atoms with Crippen LogP contribution in [-0.4, -0.2) is 26.0 Å². The number of rotatable bonds is 6. The maximum Gasteiger partial charge on any atom is 0.220 e. The van der Waals surface area contributed by atoms with Gasteiger partial charge >= 0.3 is 0 Å². The highest BCUT2D eigenvalue weighted by Crippen LogP contribution is 2.32. The van der Waals surface area contributed by atoms with E-state index in [-0.39, 0.29) is 5.91 Å². The van der Waals surface area contributed by atoms with Crippen molar-refractivity contribution in [2.24, 2.45) is 11.8 Å². The van der Waals surface area contributed by atoms with E-state index in [2.05, 4.69) is 17.6 Å². The van der Waals surface area contributed by atoms with Gasteiger partial charge in [0.1, 0.15) is 0 Å². The first kappa shape index (κ1) is 12.5. The summed E-state index contributed by atoms with van der Waals surface area (Å²) in [6, 6.07) is 0. The van der Waals surface area contributed by atoms with Crippen LogP contribution in [0.2, 0.25) is 0 Å². The Morgan fingerprint density at radius 1 is 1.33 bits per heavy atom. The normalized spacial score (nSPS) is 25.5. The molecule has 2 unspecified atom stereocenters. The van der Waals surface area contributed by atoms with E-state index in [1.807, 2.05) is 7.05 Å². The minimum Gasteiger partial charge on any atom is -0.356 e. The molecule has 0 aromatic carbocycles. The van der Waals surface area contributed by atoms with E-state index >= 15 is 0 Å². The molecular weight excluding hydrogens is 188 g/mol. The quantitative estimate of drug-likeness (QED) is 0.656. The summed E-state index contributed by atoms with van der Waals surface area (Å²) >= 11 is 0. The third-order valence-electron chi connectivity index (χ3n) is 3.20. The molecule has 0 spiro atoms. The smallest absolute Gasteiger partial charge is 0.220 e. The minimum atomic E-state index is 0.241. The minimum absolute atomic E-state index is 0.241. The Kier molecular flexibility index (Phi) is 5.69. The van der Waals surface area contributed by atoms with Gasteiger partial charge in [-0.1, -0.05) is 13.3 Å². The van der Waals surface area contributed by atoms with Crippen molar-refractivity contribution in [2.75, 3.05) is 20.1 Å². The van der Waals surface area contributed by atoms with Crippen LogP contribution < -0.4 is 10.6 Å². The molecule has 0 aromatic rings. The topological polar surface area (TPSA) is 41.1 Å². The van der Waals surface area contributed by atoms with E-state index in [0.29, 0.717) is 5.92 Å². The van der Waals surface area contributed by atoms with Gasteiger partial charge in [0, 0.05) is 13.0 Å². The second kappa shape index (κ2) is 6.83. The lowest BCUT2D eigenvalue weighted by Crippen LogP contribution is -2.27. The van der Waals surface area contributed by atoms with Crippen LogP contribution in [-0.2, 0) is 4.79 Å². The van der Waals surface area contributed by atoms with Crippen LogP contribution in [0.3, 0.4) is 0 Å². The van der Waals surface area contributed by atoms with Crippen LogP contribution in [0.4, 0.5) is 0 Å². The molecule has 0 aromatic heterocycles. The van der Waals surface area contributed by atoms with Crippen molar-refractivity contribution in [3.8, 4) is 0 Å². The first-order valence-corrected chi connectivity index (χ1v) is 6.13. The van der Waals surface area contributed by atoms with Crippen molar-refractivity contribution < 1.29 is 4.79 Å². The number of carbonyl (C=O) groups is 1. The van der Waals surface area contributed by atoms with Gasteiger partial charge in [-0.15, -0.1) is 0 Å². The maximum atomic E-state index is 11.5. The fraction of sp³-hybridized carbons (Fsp3) is 0.917. The summed E-state index contributed by atoms with van der Waals surface area (Å²) in [6.45, 7) is 4.06. The lowest BCUT2D eigenvalue weighted by Gasteiger charge is -2.09. The first-order valence-electron chi connectivity index (χ1n) is 6.13. The van der Waals surface area contributed by atoms with Gasteiger partial charge in [0.15, 0.2) is 0 Å².